The minimum Gasteiger partial charge on any atom is -0.494 e. The van der Waals surface area contributed by atoms with Crippen molar-refractivity contribution in [3.8, 4) is 5.75 Å². The molecule has 7 heteroatoms. The van der Waals surface area contributed by atoms with Gasteiger partial charge in [-0.1, -0.05) is 0 Å². The number of nitrogens with zero attached hydrogens (tertiary/aromatic N) is 1. The summed E-state index contributed by atoms with van der Waals surface area (Å²) in [6.07, 6.45) is 1.40. The number of sulfonamides is 1. The van der Waals surface area contributed by atoms with E-state index < -0.39 is 10.0 Å². The van der Waals surface area contributed by atoms with Crippen LogP contribution in [0.4, 0.5) is 0 Å². The number of hydrogen-bond donors (Lipinski definition) is 1. The van der Waals surface area contributed by atoms with Crippen LogP contribution in [0.15, 0.2) is 23.1 Å². The maximum atomic E-state index is 13.0. The third-order valence-corrected chi connectivity index (χ3v) is 6.13. The highest BCUT2D eigenvalue weighted by Gasteiger charge is 2.33. The molecule has 1 N–H and O–H groups in total. The molecule has 0 spiro atoms. The Hall–Kier alpha value is -1.60. The van der Waals surface area contributed by atoms with Crippen LogP contribution in [0.5, 0.6) is 5.75 Å². The van der Waals surface area contributed by atoms with Crippen LogP contribution in [0.2, 0.25) is 0 Å². The Balaban J connectivity index is 2.18. The third kappa shape index (κ3) is 4.73. The SMILES string of the molecule is CCOc1ccc(S(=O)(=O)N2CCC[C@@H](C(=O)NC(C)C)C2)cc1C. The molecule has 0 aromatic heterocycles. The van der Waals surface area contributed by atoms with Gasteiger partial charge in [-0.25, -0.2) is 8.42 Å². The van der Waals surface area contributed by atoms with Gasteiger partial charge < -0.3 is 10.1 Å². The zero-order chi connectivity index (χ0) is 18.6. The lowest BCUT2D eigenvalue weighted by Gasteiger charge is -2.31. The van der Waals surface area contributed by atoms with Crippen LogP contribution in [0.3, 0.4) is 0 Å². The van der Waals surface area contributed by atoms with Crippen LogP contribution in [-0.4, -0.2) is 44.4 Å². The normalized spacial score (nSPS) is 19.0. The molecule has 1 fully saturated rings. The van der Waals surface area contributed by atoms with Gasteiger partial charge >= 0.3 is 0 Å². The van der Waals surface area contributed by atoms with Crippen LogP contribution in [0, 0.1) is 12.8 Å². The van der Waals surface area contributed by atoms with Crippen LogP contribution in [-0.2, 0) is 14.8 Å². The van der Waals surface area contributed by atoms with Crippen molar-refractivity contribution in [2.45, 2.75) is 51.5 Å². The summed E-state index contributed by atoms with van der Waals surface area (Å²) in [4.78, 5) is 12.5. The van der Waals surface area contributed by atoms with Crippen LogP contribution < -0.4 is 10.1 Å². The van der Waals surface area contributed by atoms with Gasteiger partial charge in [0.25, 0.3) is 0 Å². The number of piperidine rings is 1. The molecule has 1 saturated heterocycles. The van der Waals surface area contributed by atoms with Gasteiger partial charge in [0.2, 0.25) is 15.9 Å². The molecule has 2 rings (SSSR count). The molecule has 1 amide bonds. The van der Waals surface area contributed by atoms with Crippen molar-refractivity contribution in [1.29, 1.82) is 0 Å². The second kappa shape index (κ2) is 8.19. The second-order valence-electron chi connectivity index (χ2n) is 6.73. The summed E-state index contributed by atoms with van der Waals surface area (Å²) in [5.41, 5.74) is 0.786. The average Bonchev–Trinajstić information content (AvgIpc) is 2.56. The van der Waals surface area contributed by atoms with E-state index in [1.807, 2.05) is 27.7 Å². The highest BCUT2D eigenvalue weighted by Crippen LogP contribution is 2.27. The quantitative estimate of drug-likeness (QED) is 0.836. The van der Waals surface area contributed by atoms with E-state index in [9.17, 15) is 13.2 Å². The first-order valence-corrected chi connectivity index (χ1v) is 10.2. The molecule has 1 heterocycles. The molecule has 1 aliphatic heterocycles. The van der Waals surface area contributed by atoms with Crippen molar-refractivity contribution in [3.05, 3.63) is 23.8 Å². The predicted molar refractivity (Wildman–Crippen MR) is 97.1 cm³/mol. The summed E-state index contributed by atoms with van der Waals surface area (Å²) in [5.74, 6) is 0.321. The monoisotopic (exact) mass is 368 g/mol. The lowest BCUT2D eigenvalue weighted by atomic mass is 9.98. The Morgan fingerprint density at radius 1 is 1.40 bits per heavy atom. The number of hydrogen-bond acceptors (Lipinski definition) is 4. The fourth-order valence-electron chi connectivity index (χ4n) is 3.03. The smallest absolute Gasteiger partial charge is 0.243 e. The topological polar surface area (TPSA) is 75.7 Å². The summed E-state index contributed by atoms with van der Waals surface area (Å²) >= 11 is 0. The number of nitrogens with one attached hydrogen (secondary N) is 1. The Bertz CT molecular complexity index is 716. The average molecular weight is 368 g/mol. The van der Waals surface area contributed by atoms with Crippen molar-refractivity contribution in [2.24, 2.45) is 5.92 Å². The maximum Gasteiger partial charge on any atom is 0.243 e. The fourth-order valence-corrected chi connectivity index (χ4v) is 4.64. The van der Waals surface area contributed by atoms with Crippen LogP contribution in [0.1, 0.15) is 39.2 Å². The van der Waals surface area contributed by atoms with Crippen LogP contribution in [0.25, 0.3) is 0 Å². The lowest BCUT2D eigenvalue weighted by Crippen LogP contribution is -2.46. The van der Waals surface area contributed by atoms with E-state index in [1.165, 1.54) is 4.31 Å². The molecule has 1 aromatic carbocycles. The Labute approximate surface area is 150 Å². The molecule has 0 bridgehead atoms. The molecule has 1 aliphatic rings. The van der Waals surface area contributed by atoms with Crippen molar-refractivity contribution in [1.82, 2.24) is 9.62 Å². The Morgan fingerprint density at radius 2 is 2.12 bits per heavy atom. The number of aryl methyl sites for hydroxylation is 1. The van der Waals surface area contributed by atoms with E-state index in [-0.39, 0.29) is 29.3 Å². The maximum absolute atomic E-state index is 13.0. The predicted octanol–water partition coefficient (Wildman–Crippen LogP) is 2.32. The number of ether oxygens (including phenoxy) is 1. The van der Waals surface area contributed by atoms with Gasteiger partial charge in [0.15, 0.2) is 0 Å². The lowest BCUT2D eigenvalue weighted by molar-refractivity contribution is -0.126. The molecule has 0 saturated carbocycles. The summed E-state index contributed by atoms with van der Waals surface area (Å²) in [7, 11) is -3.61. The highest BCUT2D eigenvalue weighted by molar-refractivity contribution is 7.89. The number of benzene rings is 1. The summed E-state index contributed by atoms with van der Waals surface area (Å²) < 4.78 is 32.8. The van der Waals surface area contributed by atoms with Gasteiger partial charge in [-0.3, -0.25) is 4.79 Å². The largest absolute Gasteiger partial charge is 0.494 e. The molecule has 25 heavy (non-hydrogen) atoms. The first kappa shape index (κ1) is 19.7. The van der Waals surface area contributed by atoms with Crippen molar-refractivity contribution >= 4 is 15.9 Å². The molecular formula is C18H28N2O4S. The zero-order valence-electron chi connectivity index (χ0n) is 15.4. The van der Waals surface area contributed by atoms with E-state index in [0.717, 1.165) is 5.56 Å². The van der Waals surface area contributed by atoms with Crippen molar-refractivity contribution < 1.29 is 17.9 Å². The van der Waals surface area contributed by atoms with Gasteiger partial charge in [0.05, 0.1) is 17.4 Å². The van der Waals surface area contributed by atoms with Gasteiger partial charge in [0.1, 0.15) is 5.75 Å². The van der Waals surface area contributed by atoms with E-state index in [2.05, 4.69) is 5.32 Å². The van der Waals surface area contributed by atoms with E-state index in [4.69, 9.17) is 4.74 Å². The minimum absolute atomic E-state index is 0.0493. The Kier molecular flexibility index (Phi) is 6.46. The molecular weight excluding hydrogens is 340 g/mol. The van der Waals surface area contributed by atoms with Crippen LogP contribution >= 0.6 is 0 Å². The molecule has 0 aliphatic carbocycles. The summed E-state index contributed by atoms with van der Waals surface area (Å²) in [5, 5.41) is 2.88. The van der Waals surface area contributed by atoms with Gasteiger partial charge in [-0.05, 0) is 64.3 Å². The number of carbonyl (C=O) groups excluding carboxylic acids is 1. The molecule has 1 atom stereocenters. The summed E-state index contributed by atoms with van der Waals surface area (Å²) in [6.45, 7) is 8.73. The molecule has 0 unspecified atom stereocenters. The van der Waals surface area contributed by atoms with E-state index in [0.29, 0.717) is 31.7 Å². The van der Waals surface area contributed by atoms with Gasteiger partial charge in [-0.2, -0.15) is 4.31 Å². The van der Waals surface area contributed by atoms with Gasteiger partial charge in [-0.15, -0.1) is 0 Å². The number of rotatable bonds is 6. The highest BCUT2D eigenvalue weighted by atomic mass is 32.2. The fraction of sp³-hybridized carbons (Fsp3) is 0.611. The molecule has 1 aromatic rings. The molecule has 140 valence electrons. The first-order chi connectivity index (χ1) is 11.8. The first-order valence-electron chi connectivity index (χ1n) is 8.79. The summed E-state index contributed by atoms with van der Waals surface area (Å²) in [6, 6.07) is 4.95. The van der Waals surface area contributed by atoms with E-state index >= 15 is 0 Å². The third-order valence-electron chi connectivity index (χ3n) is 4.27. The zero-order valence-corrected chi connectivity index (χ0v) is 16.2. The molecule has 6 nitrogen and oxygen atoms in total. The van der Waals surface area contributed by atoms with Crippen molar-refractivity contribution in [3.63, 3.8) is 0 Å². The van der Waals surface area contributed by atoms with E-state index in [1.54, 1.807) is 18.2 Å². The second-order valence-corrected chi connectivity index (χ2v) is 8.66. The van der Waals surface area contributed by atoms with Crippen molar-refractivity contribution in [2.75, 3.05) is 19.7 Å². The standard InChI is InChI=1S/C18H28N2O4S/c1-5-24-17-9-8-16(11-14(17)4)25(22,23)20-10-6-7-15(12-20)18(21)19-13(2)3/h8-9,11,13,15H,5-7,10,12H2,1-4H3,(H,19,21)/t15-/m1/s1. The number of carbonyl (C=O) groups is 1. The molecule has 0 radical (unpaired) electrons. The minimum atomic E-state index is -3.61. The number of amides is 1. The Morgan fingerprint density at radius 3 is 2.72 bits per heavy atom. The van der Waals surface area contributed by atoms with Gasteiger partial charge in [0, 0.05) is 19.1 Å².